The molecule has 0 bridgehead atoms. The van der Waals surface area contributed by atoms with Gasteiger partial charge in [0.15, 0.2) is 0 Å². The Bertz CT molecular complexity index is 318. The molecule has 1 aromatic carbocycles. The summed E-state index contributed by atoms with van der Waals surface area (Å²) in [7, 11) is 0. The van der Waals surface area contributed by atoms with Crippen molar-refractivity contribution in [2.45, 2.75) is 26.8 Å². The highest BCUT2D eigenvalue weighted by atomic mass is 79.9. The lowest BCUT2D eigenvalue weighted by molar-refractivity contribution is 0.461. The zero-order chi connectivity index (χ0) is 11.3. The molecule has 92 valence electrons. The third kappa shape index (κ3) is 5.73. The third-order valence-electron chi connectivity index (χ3n) is 2.26. The number of aromatic hydroxyl groups is 1. The van der Waals surface area contributed by atoms with Crippen molar-refractivity contribution in [1.82, 2.24) is 5.32 Å². The lowest BCUT2D eigenvalue weighted by Gasteiger charge is -2.08. The molecule has 0 fully saturated rings. The van der Waals surface area contributed by atoms with Crippen molar-refractivity contribution in [3.8, 4) is 5.75 Å². The van der Waals surface area contributed by atoms with Gasteiger partial charge in [-0.25, -0.2) is 0 Å². The van der Waals surface area contributed by atoms with Crippen LogP contribution < -0.4 is 5.32 Å². The zero-order valence-electron chi connectivity index (χ0n) is 9.66. The summed E-state index contributed by atoms with van der Waals surface area (Å²) in [4.78, 5) is 0. The monoisotopic (exact) mass is 307 g/mol. The smallest absolute Gasteiger partial charge is 0.120 e. The van der Waals surface area contributed by atoms with Crippen LogP contribution in [0.15, 0.2) is 22.7 Å². The van der Waals surface area contributed by atoms with Gasteiger partial charge in [-0.15, -0.1) is 12.4 Å². The van der Waals surface area contributed by atoms with E-state index >= 15 is 0 Å². The molecule has 4 heteroatoms. The molecule has 0 aliphatic heterocycles. The Kier molecular flexibility index (Phi) is 7.81. The van der Waals surface area contributed by atoms with Crippen LogP contribution in [0.1, 0.15) is 25.8 Å². The summed E-state index contributed by atoms with van der Waals surface area (Å²) in [5, 5.41) is 12.9. The number of benzene rings is 1. The highest BCUT2D eigenvalue weighted by Crippen LogP contribution is 2.21. The quantitative estimate of drug-likeness (QED) is 0.813. The molecular formula is C12H19BrClNO. The first-order chi connectivity index (χ1) is 7.09. The second-order valence-corrected chi connectivity index (χ2v) is 5.05. The molecule has 0 amide bonds. The minimum atomic E-state index is 0. The van der Waals surface area contributed by atoms with E-state index in [0.29, 0.717) is 11.7 Å². The number of hydrogen-bond donors (Lipinski definition) is 2. The molecule has 0 aliphatic rings. The predicted molar refractivity (Wildman–Crippen MR) is 74.2 cm³/mol. The van der Waals surface area contributed by atoms with Gasteiger partial charge in [0.05, 0.1) is 0 Å². The van der Waals surface area contributed by atoms with Gasteiger partial charge in [0.2, 0.25) is 0 Å². The van der Waals surface area contributed by atoms with Crippen LogP contribution in [0.25, 0.3) is 0 Å². The molecular weight excluding hydrogens is 289 g/mol. The zero-order valence-corrected chi connectivity index (χ0v) is 12.1. The molecule has 0 spiro atoms. The van der Waals surface area contributed by atoms with Crippen molar-refractivity contribution in [2.75, 3.05) is 6.54 Å². The van der Waals surface area contributed by atoms with E-state index in [1.54, 1.807) is 6.07 Å². The number of phenolic OH excluding ortho intramolecular Hbond substituents is 1. The maximum Gasteiger partial charge on any atom is 0.120 e. The van der Waals surface area contributed by atoms with Crippen molar-refractivity contribution >= 4 is 28.3 Å². The van der Waals surface area contributed by atoms with Gasteiger partial charge in [0.25, 0.3) is 0 Å². The van der Waals surface area contributed by atoms with Crippen LogP contribution in [-0.4, -0.2) is 11.7 Å². The van der Waals surface area contributed by atoms with Gasteiger partial charge < -0.3 is 10.4 Å². The number of nitrogens with one attached hydrogen (secondary N) is 1. The summed E-state index contributed by atoms with van der Waals surface area (Å²) in [5.74, 6) is 1.07. The Morgan fingerprint density at radius 1 is 1.38 bits per heavy atom. The van der Waals surface area contributed by atoms with Gasteiger partial charge in [-0.05, 0) is 37.1 Å². The molecule has 2 nitrogen and oxygen atoms in total. The van der Waals surface area contributed by atoms with Crippen molar-refractivity contribution in [3.05, 3.63) is 28.2 Å². The van der Waals surface area contributed by atoms with Gasteiger partial charge in [0, 0.05) is 16.6 Å². The average molecular weight is 309 g/mol. The summed E-state index contributed by atoms with van der Waals surface area (Å²) in [5.41, 5.74) is 0.938. The minimum Gasteiger partial charge on any atom is -0.508 e. The van der Waals surface area contributed by atoms with E-state index in [9.17, 15) is 5.11 Å². The van der Waals surface area contributed by atoms with Crippen LogP contribution >= 0.6 is 28.3 Å². The van der Waals surface area contributed by atoms with Crippen LogP contribution in [0, 0.1) is 5.92 Å². The third-order valence-corrected chi connectivity index (χ3v) is 2.75. The maximum absolute atomic E-state index is 9.58. The molecule has 16 heavy (non-hydrogen) atoms. The van der Waals surface area contributed by atoms with Gasteiger partial charge in [0.1, 0.15) is 5.75 Å². The standard InChI is InChI=1S/C12H18BrNO.ClH/c1-9(2)5-6-14-8-10-7-11(13)3-4-12(10)15;/h3-4,7,9,14-15H,5-6,8H2,1-2H3;1H. The van der Waals surface area contributed by atoms with Gasteiger partial charge in [-0.2, -0.15) is 0 Å². The van der Waals surface area contributed by atoms with Gasteiger partial charge >= 0.3 is 0 Å². The maximum atomic E-state index is 9.58. The van der Waals surface area contributed by atoms with E-state index in [4.69, 9.17) is 0 Å². The predicted octanol–water partition coefficient (Wildman–Crippen LogP) is 3.71. The summed E-state index contributed by atoms with van der Waals surface area (Å²) in [6.45, 7) is 6.12. The average Bonchev–Trinajstić information content (AvgIpc) is 2.17. The van der Waals surface area contributed by atoms with Crippen molar-refractivity contribution in [3.63, 3.8) is 0 Å². The van der Waals surface area contributed by atoms with Crippen LogP contribution in [-0.2, 0) is 6.54 Å². The van der Waals surface area contributed by atoms with Gasteiger partial charge in [-0.3, -0.25) is 0 Å². The first kappa shape index (κ1) is 15.8. The van der Waals surface area contributed by atoms with Crippen molar-refractivity contribution < 1.29 is 5.11 Å². The van der Waals surface area contributed by atoms with Crippen LogP contribution in [0.3, 0.4) is 0 Å². The van der Waals surface area contributed by atoms with E-state index in [0.717, 1.165) is 29.5 Å². The summed E-state index contributed by atoms with van der Waals surface area (Å²) >= 11 is 3.39. The van der Waals surface area contributed by atoms with Crippen LogP contribution in [0.5, 0.6) is 5.75 Å². The SMILES string of the molecule is CC(C)CCNCc1cc(Br)ccc1O.Cl. The molecule has 0 radical (unpaired) electrons. The number of phenols is 1. The summed E-state index contributed by atoms with van der Waals surface area (Å²) < 4.78 is 1.00. The lowest BCUT2D eigenvalue weighted by Crippen LogP contribution is -2.16. The van der Waals surface area contributed by atoms with E-state index in [2.05, 4.69) is 35.1 Å². The second-order valence-electron chi connectivity index (χ2n) is 4.13. The van der Waals surface area contributed by atoms with Crippen molar-refractivity contribution in [1.29, 1.82) is 0 Å². The molecule has 0 aromatic heterocycles. The fraction of sp³-hybridized carbons (Fsp3) is 0.500. The molecule has 1 aromatic rings. The van der Waals surface area contributed by atoms with E-state index in [-0.39, 0.29) is 12.4 Å². The highest BCUT2D eigenvalue weighted by Gasteiger charge is 2.01. The number of halogens is 2. The fourth-order valence-corrected chi connectivity index (χ4v) is 1.72. The molecule has 0 heterocycles. The summed E-state index contributed by atoms with van der Waals surface area (Å²) in [6.07, 6.45) is 1.16. The number of rotatable bonds is 5. The molecule has 0 atom stereocenters. The lowest BCUT2D eigenvalue weighted by atomic mass is 10.1. The first-order valence-electron chi connectivity index (χ1n) is 5.27. The van der Waals surface area contributed by atoms with E-state index in [1.165, 1.54) is 0 Å². The largest absolute Gasteiger partial charge is 0.508 e. The molecule has 0 saturated heterocycles. The normalized spacial score (nSPS) is 10.2. The molecule has 2 N–H and O–H groups in total. The summed E-state index contributed by atoms with van der Waals surface area (Å²) in [6, 6.07) is 5.49. The molecule has 0 aliphatic carbocycles. The Labute approximate surface area is 112 Å². The Morgan fingerprint density at radius 2 is 2.06 bits per heavy atom. The van der Waals surface area contributed by atoms with Crippen LogP contribution in [0.2, 0.25) is 0 Å². The minimum absolute atomic E-state index is 0. The second kappa shape index (κ2) is 7.93. The first-order valence-corrected chi connectivity index (χ1v) is 6.07. The topological polar surface area (TPSA) is 32.3 Å². The Morgan fingerprint density at radius 3 is 2.69 bits per heavy atom. The van der Waals surface area contributed by atoms with E-state index in [1.807, 2.05) is 12.1 Å². The molecule has 0 saturated carbocycles. The van der Waals surface area contributed by atoms with Crippen molar-refractivity contribution in [2.24, 2.45) is 5.92 Å². The Hall–Kier alpha value is -0.250. The van der Waals surface area contributed by atoms with Gasteiger partial charge in [-0.1, -0.05) is 29.8 Å². The molecule has 1 rings (SSSR count). The van der Waals surface area contributed by atoms with E-state index < -0.39 is 0 Å². The highest BCUT2D eigenvalue weighted by molar-refractivity contribution is 9.10. The van der Waals surface area contributed by atoms with Crippen LogP contribution in [0.4, 0.5) is 0 Å². The number of hydrogen-bond acceptors (Lipinski definition) is 2. The fourth-order valence-electron chi connectivity index (χ4n) is 1.31. The molecule has 0 unspecified atom stereocenters. The Balaban J connectivity index is 0.00000225.